The predicted molar refractivity (Wildman–Crippen MR) is 132 cm³/mol. The molecule has 2 N–H and O–H groups in total. The quantitative estimate of drug-likeness (QED) is 0.548. The Bertz CT molecular complexity index is 1280. The standard InChI is InChI=1S/C23H27FN4O2.C3H6O3/c1-15-18(23(29)28-10-3-2-4-21(28)25-15)9-13-27-11-7-16(8-12-27)22-19-6-5-17(24)14-20(19)30-26-22;1-2(4)3(5)6/h5-6,14,16H,2-4,7-13H2,1H3;2,4H,1H3,(H,5,6). The number of fused-ring (bicyclic) bond motifs is 2. The van der Waals surface area contributed by atoms with Gasteiger partial charge in [0, 0.05) is 48.1 Å². The van der Waals surface area contributed by atoms with Gasteiger partial charge in [0.25, 0.3) is 5.56 Å². The number of aromatic nitrogens is 3. The van der Waals surface area contributed by atoms with Gasteiger partial charge in [-0.25, -0.2) is 14.2 Å². The van der Waals surface area contributed by atoms with E-state index in [-0.39, 0.29) is 11.4 Å². The van der Waals surface area contributed by atoms with Crippen molar-refractivity contribution >= 4 is 16.9 Å². The molecule has 1 saturated heterocycles. The number of halogens is 1. The number of aliphatic hydroxyl groups excluding tert-OH is 1. The van der Waals surface area contributed by atoms with Crippen molar-refractivity contribution in [1.29, 1.82) is 0 Å². The van der Waals surface area contributed by atoms with E-state index in [1.165, 1.54) is 19.1 Å². The number of hydrogen-bond acceptors (Lipinski definition) is 7. The highest BCUT2D eigenvalue weighted by Crippen LogP contribution is 2.32. The van der Waals surface area contributed by atoms with E-state index in [2.05, 4.69) is 10.1 Å². The summed E-state index contributed by atoms with van der Waals surface area (Å²) >= 11 is 0. The highest BCUT2D eigenvalue weighted by atomic mass is 19.1. The summed E-state index contributed by atoms with van der Waals surface area (Å²) in [5.74, 6) is -0.211. The zero-order valence-corrected chi connectivity index (χ0v) is 20.7. The van der Waals surface area contributed by atoms with Crippen LogP contribution in [0, 0.1) is 12.7 Å². The molecule has 2 aromatic heterocycles. The maximum atomic E-state index is 13.4. The van der Waals surface area contributed by atoms with Crippen LogP contribution in [0.4, 0.5) is 4.39 Å². The van der Waals surface area contributed by atoms with E-state index in [4.69, 9.17) is 19.7 Å². The second kappa shape index (κ2) is 11.3. The van der Waals surface area contributed by atoms with Gasteiger partial charge in [-0.3, -0.25) is 9.36 Å². The minimum Gasteiger partial charge on any atom is -0.479 e. The fourth-order valence-corrected chi connectivity index (χ4v) is 4.94. The summed E-state index contributed by atoms with van der Waals surface area (Å²) in [6.07, 6.45) is 4.58. The monoisotopic (exact) mass is 500 g/mol. The van der Waals surface area contributed by atoms with Gasteiger partial charge in [0.2, 0.25) is 0 Å². The normalized spacial score (nSPS) is 17.3. The lowest BCUT2D eigenvalue weighted by Gasteiger charge is -2.31. The van der Waals surface area contributed by atoms with Gasteiger partial charge >= 0.3 is 5.97 Å². The number of carboxylic acids is 1. The number of aryl methyl sites for hydroxylation is 2. The van der Waals surface area contributed by atoms with E-state index >= 15 is 0 Å². The number of benzene rings is 1. The van der Waals surface area contributed by atoms with Gasteiger partial charge in [-0.05, 0) is 71.2 Å². The largest absolute Gasteiger partial charge is 0.479 e. The number of aliphatic hydroxyl groups is 1. The van der Waals surface area contributed by atoms with E-state index in [1.54, 1.807) is 6.07 Å². The summed E-state index contributed by atoms with van der Waals surface area (Å²) in [5.41, 5.74) is 3.38. The molecule has 0 amide bonds. The van der Waals surface area contributed by atoms with Crippen molar-refractivity contribution in [2.24, 2.45) is 0 Å². The van der Waals surface area contributed by atoms with Crippen LogP contribution in [-0.2, 0) is 24.2 Å². The maximum Gasteiger partial charge on any atom is 0.332 e. The third-order valence-corrected chi connectivity index (χ3v) is 7.05. The van der Waals surface area contributed by atoms with Gasteiger partial charge in [-0.15, -0.1) is 0 Å². The van der Waals surface area contributed by atoms with Crippen molar-refractivity contribution in [1.82, 2.24) is 19.6 Å². The first-order chi connectivity index (χ1) is 17.2. The zero-order chi connectivity index (χ0) is 25.8. The smallest absolute Gasteiger partial charge is 0.332 e. The number of carboxylic acid groups (broad SMARTS) is 1. The predicted octanol–water partition coefficient (Wildman–Crippen LogP) is 3.04. The fourth-order valence-electron chi connectivity index (χ4n) is 4.94. The molecule has 3 aromatic rings. The molecule has 0 aliphatic carbocycles. The fraction of sp³-hybridized carbons (Fsp3) is 0.538. The summed E-state index contributed by atoms with van der Waals surface area (Å²) in [7, 11) is 0. The summed E-state index contributed by atoms with van der Waals surface area (Å²) < 4.78 is 20.6. The molecular formula is C26H33FN4O5. The molecule has 1 fully saturated rings. The van der Waals surface area contributed by atoms with Crippen LogP contribution in [0.15, 0.2) is 27.5 Å². The number of hydrogen-bond donors (Lipinski definition) is 2. The molecular weight excluding hydrogens is 467 g/mol. The highest BCUT2D eigenvalue weighted by molar-refractivity contribution is 5.79. The Morgan fingerprint density at radius 3 is 2.67 bits per heavy atom. The number of carbonyl (C=O) groups is 1. The molecule has 2 aliphatic heterocycles. The molecule has 0 saturated carbocycles. The van der Waals surface area contributed by atoms with Crippen LogP contribution in [0.2, 0.25) is 0 Å². The first-order valence-corrected chi connectivity index (χ1v) is 12.5. The Labute approximate surface area is 208 Å². The van der Waals surface area contributed by atoms with E-state index in [0.29, 0.717) is 11.5 Å². The Kier molecular flexibility index (Phi) is 8.15. The summed E-state index contributed by atoms with van der Waals surface area (Å²) in [5, 5.41) is 20.9. The lowest BCUT2D eigenvalue weighted by atomic mass is 9.91. The lowest BCUT2D eigenvalue weighted by Crippen LogP contribution is -2.37. The molecule has 5 rings (SSSR count). The van der Waals surface area contributed by atoms with Gasteiger partial charge < -0.3 is 19.6 Å². The van der Waals surface area contributed by atoms with Crippen LogP contribution in [0.3, 0.4) is 0 Å². The van der Waals surface area contributed by atoms with Crippen LogP contribution in [0.25, 0.3) is 11.0 Å². The molecule has 9 nitrogen and oxygen atoms in total. The minimum atomic E-state index is -1.23. The Morgan fingerprint density at radius 1 is 1.25 bits per heavy atom. The first-order valence-electron chi connectivity index (χ1n) is 12.5. The molecule has 36 heavy (non-hydrogen) atoms. The molecule has 1 atom stereocenters. The Hall–Kier alpha value is -3.11. The number of aliphatic carboxylic acids is 1. The number of nitrogens with zero attached hydrogens (tertiary/aromatic N) is 4. The summed E-state index contributed by atoms with van der Waals surface area (Å²) in [6, 6.07) is 4.63. The van der Waals surface area contributed by atoms with Gasteiger partial charge in [0.05, 0.1) is 5.69 Å². The van der Waals surface area contributed by atoms with Crippen LogP contribution in [0.1, 0.15) is 61.3 Å². The molecule has 1 unspecified atom stereocenters. The average Bonchev–Trinajstić information content (AvgIpc) is 3.27. The molecule has 10 heteroatoms. The molecule has 1 aromatic carbocycles. The zero-order valence-electron chi connectivity index (χ0n) is 20.7. The van der Waals surface area contributed by atoms with Crippen LogP contribution >= 0.6 is 0 Å². The van der Waals surface area contributed by atoms with Crippen molar-refractivity contribution < 1.29 is 23.9 Å². The third kappa shape index (κ3) is 5.82. The molecule has 194 valence electrons. The van der Waals surface area contributed by atoms with Crippen molar-refractivity contribution in [2.45, 2.75) is 70.9 Å². The molecule has 0 spiro atoms. The van der Waals surface area contributed by atoms with Crippen molar-refractivity contribution in [3.05, 3.63) is 57.1 Å². The molecule has 0 bridgehead atoms. The van der Waals surface area contributed by atoms with E-state index in [1.807, 2.05) is 11.5 Å². The SMILES string of the molecule is CC(O)C(=O)O.Cc1nc2n(c(=O)c1CCN1CCC(c3noc4cc(F)ccc34)CC1)CCCC2. The van der Waals surface area contributed by atoms with Crippen molar-refractivity contribution in [3.63, 3.8) is 0 Å². The Morgan fingerprint density at radius 2 is 1.97 bits per heavy atom. The average molecular weight is 501 g/mol. The topological polar surface area (TPSA) is 122 Å². The van der Waals surface area contributed by atoms with E-state index in [9.17, 15) is 14.0 Å². The van der Waals surface area contributed by atoms with E-state index in [0.717, 1.165) is 92.9 Å². The highest BCUT2D eigenvalue weighted by Gasteiger charge is 2.25. The maximum absolute atomic E-state index is 13.4. The van der Waals surface area contributed by atoms with Gasteiger partial charge in [0.15, 0.2) is 5.58 Å². The van der Waals surface area contributed by atoms with Crippen LogP contribution < -0.4 is 5.56 Å². The second-order valence-electron chi connectivity index (χ2n) is 9.59. The number of piperidine rings is 1. The molecule has 4 heterocycles. The Balaban J connectivity index is 0.000000455. The van der Waals surface area contributed by atoms with Crippen molar-refractivity contribution in [2.75, 3.05) is 19.6 Å². The van der Waals surface area contributed by atoms with Crippen molar-refractivity contribution in [3.8, 4) is 0 Å². The minimum absolute atomic E-state index is 0.161. The summed E-state index contributed by atoms with van der Waals surface area (Å²) in [4.78, 5) is 29.5. The van der Waals surface area contributed by atoms with E-state index < -0.39 is 12.1 Å². The van der Waals surface area contributed by atoms with Gasteiger partial charge in [-0.2, -0.15) is 0 Å². The number of rotatable bonds is 5. The van der Waals surface area contributed by atoms with Crippen LogP contribution in [-0.4, -0.2) is 61.5 Å². The summed E-state index contributed by atoms with van der Waals surface area (Å²) in [6.45, 7) is 6.75. The number of likely N-dealkylation sites (tertiary alicyclic amines) is 1. The third-order valence-electron chi connectivity index (χ3n) is 7.05. The van der Waals surface area contributed by atoms with Gasteiger partial charge in [-0.1, -0.05) is 5.16 Å². The lowest BCUT2D eigenvalue weighted by molar-refractivity contribution is -0.145. The second-order valence-corrected chi connectivity index (χ2v) is 9.59. The van der Waals surface area contributed by atoms with Gasteiger partial charge in [0.1, 0.15) is 17.7 Å². The molecule has 2 aliphatic rings. The molecule has 0 radical (unpaired) electrons. The first kappa shape index (κ1) is 26.0. The van der Waals surface area contributed by atoms with Crippen LogP contribution in [0.5, 0.6) is 0 Å².